The highest BCUT2D eigenvalue weighted by atomic mass is 16.6. The van der Waals surface area contributed by atoms with Crippen LogP contribution in [-0.2, 0) is 14.3 Å². The lowest BCUT2D eigenvalue weighted by molar-refractivity contribution is -0.385. The minimum atomic E-state index is -1.63. The minimum Gasteiger partial charge on any atom is -0.481 e. The maximum absolute atomic E-state index is 12.9. The number of nitro benzene ring substituents is 1. The topological polar surface area (TPSA) is 139 Å². The Kier molecular flexibility index (Phi) is 7.23. The molecule has 2 rings (SSSR count). The quantitative estimate of drug-likeness (QED) is 0.306. The molecule has 6 unspecified atom stereocenters. The zero-order valence-electron chi connectivity index (χ0n) is 18.2. The number of benzene rings is 1. The Morgan fingerprint density at radius 3 is 2.45 bits per heavy atom. The maximum Gasteiger partial charge on any atom is 0.312 e. The summed E-state index contributed by atoms with van der Waals surface area (Å²) in [5, 5.41) is 35.7. The normalized spacial score (nSPS) is 31.5. The number of ether oxygens (including phenoxy) is 1. The van der Waals surface area contributed by atoms with Crippen LogP contribution in [0.4, 0.5) is 5.69 Å². The fourth-order valence-electron chi connectivity index (χ4n) is 5.38. The molecule has 1 fully saturated rings. The first-order chi connectivity index (χ1) is 14.5. The van der Waals surface area contributed by atoms with E-state index < -0.39 is 51.6 Å². The van der Waals surface area contributed by atoms with Crippen molar-refractivity contribution in [1.29, 1.82) is 0 Å². The van der Waals surface area contributed by atoms with Crippen molar-refractivity contribution >= 4 is 17.6 Å². The number of nitrogens with zero attached hydrogens (tertiary/aromatic N) is 1. The van der Waals surface area contributed by atoms with Crippen LogP contribution < -0.4 is 5.32 Å². The molecule has 0 aromatic heterocycles. The maximum atomic E-state index is 12.9. The van der Waals surface area contributed by atoms with E-state index >= 15 is 0 Å². The van der Waals surface area contributed by atoms with Gasteiger partial charge in [-0.15, -0.1) is 6.58 Å². The van der Waals surface area contributed by atoms with Crippen LogP contribution >= 0.6 is 0 Å². The second-order valence-electron chi connectivity index (χ2n) is 8.25. The zero-order chi connectivity index (χ0) is 23.6. The molecule has 1 heterocycles. The van der Waals surface area contributed by atoms with E-state index in [1.165, 1.54) is 31.4 Å². The number of carboxylic acids is 2. The largest absolute Gasteiger partial charge is 0.481 e. The average Bonchev–Trinajstić information content (AvgIpc) is 2.71. The Hall–Kier alpha value is -2.78. The van der Waals surface area contributed by atoms with Crippen LogP contribution in [0, 0.1) is 26.9 Å². The molecular weight excluding hydrogens is 404 g/mol. The van der Waals surface area contributed by atoms with Gasteiger partial charge in [0.2, 0.25) is 0 Å². The Balaban J connectivity index is 3.00. The van der Waals surface area contributed by atoms with Gasteiger partial charge in [0.1, 0.15) is 0 Å². The summed E-state index contributed by atoms with van der Waals surface area (Å²) in [6.45, 7) is 8.95. The molecule has 0 spiro atoms. The van der Waals surface area contributed by atoms with Crippen molar-refractivity contribution < 1.29 is 29.5 Å². The van der Waals surface area contributed by atoms with Crippen molar-refractivity contribution in [3.05, 3.63) is 52.6 Å². The third kappa shape index (κ3) is 3.72. The van der Waals surface area contributed by atoms with E-state index in [0.717, 1.165) is 0 Å². The van der Waals surface area contributed by atoms with Crippen molar-refractivity contribution in [3.63, 3.8) is 0 Å². The molecule has 0 saturated carbocycles. The standard InChI is InChI=1S/C22H30N2O7/c1-6-13(2)22(20(27)28)15(4)23-14(3)21(19(25)26,10-11-31-5)18(22)16-8-7-9-17(12-16)24(29)30/h6-9,12-15,18,23H,1,10-11H2,2-5H3,(H,25,26)(H,27,28). The van der Waals surface area contributed by atoms with Gasteiger partial charge in [0, 0.05) is 43.9 Å². The third-order valence-electron chi connectivity index (χ3n) is 6.99. The first kappa shape index (κ1) is 24.5. The smallest absolute Gasteiger partial charge is 0.312 e. The number of nitro groups is 1. The Labute approximate surface area is 181 Å². The van der Waals surface area contributed by atoms with Crippen molar-refractivity contribution in [2.45, 2.75) is 45.2 Å². The minimum absolute atomic E-state index is 0.0198. The second-order valence-corrected chi connectivity index (χ2v) is 8.25. The molecule has 0 amide bonds. The van der Waals surface area contributed by atoms with Gasteiger partial charge in [0.25, 0.3) is 5.69 Å². The van der Waals surface area contributed by atoms with Gasteiger partial charge in [-0.2, -0.15) is 0 Å². The Bertz CT molecular complexity index is 873. The summed E-state index contributed by atoms with van der Waals surface area (Å²) in [7, 11) is 1.44. The molecule has 1 aromatic carbocycles. The van der Waals surface area contributed by atoms with E-state index in [1.807, 2.05) is 0 Å². The van der Waals surface area contributed by atoms with E-state index in [1.54, 1.807) is 26.8 Å². The van der Waals surface area contributed by atoms with Crippen LogP contribution in [0.2, 0.25) is 0 Å². The lowest BCUT2D eigenvalue weighted by Gasteiger charge is -2.59. The first-order valence-corrected chi connectivity index (χ1v) is 10.1. The van der Waals surface area contributed by atoms with Crippen molar-refractivity contribution in [1.82, 2.24) is 5.32 Å². The van der Waals surface area contributed by atoms with E-state index in [9.17, 15) is 29.9 Å². The molecule has 3 N–H and O–H groups in total. The summed E-state index contributed by atoms with van der Waals surface area (Å²) < 4.78 is 5.19. The van der Waals surface area contributed by atoms with Gasteiger partial charge in [-0.3, -0.25) is 19.7 Å². The summed E-state index contributed by atoms with van der Waals surface area (Å²) in [4.78, 5) is 36.7. The van der Waals surface area contributed by atoms with E-state index in [2.05, 4.69) is 11.9 Å². The molecule has 6 atom stereocenters. The molecule has 1 aliphatic rings. The van der Waals surface area contributed by atoms with Crippen molar-refractivity contribution in [2.24, 2.45) is 16.7 Å². The molecule has 0 aliphatic carbocycles. The summed E-state index contributed by atoms with van der Waals surface area (Å²) >= 11 is 0. The highest BCUT2D eigenvalue weighted by Gasteiger charge is 2.68. The van der Waals surface area contributed by atoms with E-state index in [-0.39, 0.29) is 18.7 Å². The van der Waals surface area contributed by atoms with Crippen LogP contribution in [0.1, 0.15) is 38.7 Å². The van der Waals surface area contributed by atoms with Gasteiger partial charge in [-0.25, -0.2) is 0 Å². The zero-order valence-corrected chi connectivity index (χ0v) is 18.2. The van der Waals surface area contributed by atoms with Crippen LogP contribution in [0.5, 0.6) is 0 Å². The lowest BCUT2D eigenvalue weighted by atomic mass is 9.47. The highest BCUT2D eigenvalue weighted by molar-refractivity contribution is 5.84. The summed E-state index contributed by atoms with van der Waals surface area (Å²) in [5.74, 6) is -4.11. The van der Waals surface area contributed by atoms with Gasteiger partial charge in [-0.1, -0.05) is 25.1 Å². The van der Waals surface area contributed by atoms with Gasteiger partial charge in [0.15, 0.2) is 0 Å². The fourth-order valence-corrected chi connectivity index (χ4v) is 5.38. The first-order valence-electron chi connectivity index (χ1n) is 10.1. The van der Waals surface area contributed by atoms with Gasteiger partial charge in [0.05, 0.1) is 15.8 Å². The number of allylic oxidation sites excluding steroid dienone is 1. The summed E-state index contributed by atoms with van der Waals surface area (Å²) in [6, 6.07) is 4.33. The number of piperidine rings is 1. The number of aliphatic carboxylic acids is 2. The number of rotatable bonds is 9. The van der Waals surface area contributed by atoms with Crippen molar-refractivity contribution in [2.75, 3.05) is 13.7 Å². The predicted octanol–water partition coefficient (Wildman–Crippen LogP) is 3.06. The SMILES string of the molecule is C=CC(C)C1(C(=O)O)C(C)NC(C)C(CCOC)(C(=O)O)C1c1cccc([N+](=O)[O-])c1. The molecule has 0 bridgehead atoms. The summed E-state index contributed by atoms with van der Waals surface area (Å²) in [6.07, 6.45) is 1.52. The Morgan fingerprint density at radius 2 is 1.97 bits per heavy atom. The van der Waals surface area contributed by atoms with E-state index in [4.69, 9.17) is 4.74 Å². The van der Waals surface area contributed by atoms with Crippen LogP contribution in [-0.4, -0.2) is 52.9 Å². The van der Waals surface area contributed by atoms with Gasteiger partial charge < -0.3 is 20.3 Å². The molecule has 0 radical (unpaired) electrons. The van der Waals surface area contributed by atoms with Gasteiger partial charge in [-0.05, 0) is 31.7 Å². The predicted molar refractivity (Wildman–Crippen MR) is 114 cm³/mol. The molecule has 31 heavy (non-hydrogen) atoms. The molecule has 9 nitrogen and oxygen atoms in total. The fraction of sp³-hybridized carbons (Fsp3) is 0.545. The number of non-ortho nitro benzene ring substituents is 1. The molecular formula is C22H30N2O7. The van der Waals surface area contributed by atoms with Crippen LogP contribution in [0.25, 0.3) is 0 Å². The van der Waals surface area contributed by atoms with Crippen LogP contribution in [0.15, 0.2) is 36.9 Å². The molecule has 1 aromatic rings. The summed E-state index contributed by atoms with van der Waals surface area (Å²) in [5.41, 5.74) is -3.17. The highest BCUT2D eigenvalue weighted by Crippen LogP contribution is 2.60. The van der Waals surface area contributed by atoms with E-state index in [0.29, 0.717) is 5.56 Å². The number of nitrogens with one attached hydrogen (secondary N) is 1. The third-order valence-corrected chi connectivity index (χ3v) is 6.99. The molecule has 1 aliphatic heterocycles. The monoisotopic (exact) mass is 434 g/mol. The molecule has 170 valence electrons. The number of carboxylic acid groups (broad SMARTS) is 2. The van der Waals surface area contributed by atoms with Gasteiger partial charge >= 0.3 is 11.9 Å². The number of methoxy groups -OCH3 is 1. The van der Waals surface area contributed by atoms with Crippen molar-refractivity contribution in [3.8, 4) is 0 Å². The number of hydrogen-bond donors (Lipinski definition) is 3. The number of hydrogen-bond acceptors (Lipinski definition) is 6. The lowest BCUT2D eigenvalue weighted by Crippen LogP contribution is -2.71. The average molecular weight is 434 g/mol. The van der Waals surface area contributed by atoms with Crippen LogP contribution in [0.3, 0.4) is 0 Å². The molecule has 1 saturated heterocycles. The molecule has 9 heteroatoms. The Morgan fingerprint density at radius 1 is 1.32 bits per heavy atom. The number of carbonyl (C=O) groups is 2. The second kappa shape index (κ2) is 9.15.